The largest absolute Gasteiger partial charge is 0.434 e. The van der Waals surface area contributed by atoms with Crippen LogP contribution in [0.4, 0.5) is 11.4 Å². The van der Waals surface area contributed by atoms with E-state index in [2.05, 4.69) is 87.7 Å². The third-order valence-electron chi connectivity index (χ3n) is 6.42. The van der Waals surface area contributed by atoms with E-state index in [9.17, 15) is 0 Å². The number of rotatable bonds is 4. The van der Waals surface area contributed by atoms with E-state index in [0.29, 0.717) is 5.89 Å². The Balaban J connectivity index is 1.26. The molecule has 0 aliphatic rings. The second-order valence-corrected chi connectivity index (χ2v) is 8.58. The fourth-order valence-electron chi connectivity index (χ4n) is 4.80. The Morgan fingerprint density at radius 2 is 1.26 bits per heavy atom. The Bertz CT molecular complexity index is 1760. The van der Waals surface area contributed by atoms with Crippen LogP contribution >= 0.6 is 0 Å². The number of nitrogens with zero attached hydrogens (tertiary/aromatic N) is 2. The van der Waals surface area contributed by atoms with Crippen LogP contribution in [0.1, 0.15) is 0 Å². The Hall–Kier alpha value is -4.83. The highest BCUT2D eigenvalue weighted by atomic mass is 16.3. The molecule has 0 amide bonds. The monoisotopic (exact) mass is 451 g/mol. The van der Waals surface area contributed by atoms with Crippen molar-refractivity contribution in [2.24, 2.45) is 0 Å². The quantitative estimate of drug-likeness (QED) is 0.292. The topological polar surface area (TPSA) is 43.0 Å². The third kappa shape index (κ3) is 3.27. The lowest BCUT2D eigenvalue weighted by Gasteiger charge is -2.10. The van der Waals surface area contributed by atoms with Crippen LogP contribution in [0, 0.1) is 0 Å². The molecular formula is C31H21N3O. The molecule has 0 saturated heterocycles. The van der Waals surface area contributed by atoms with E-state index in [1.165, 1.54) is 21.8 Å². The van der Waals surface area contributed by atoms with E-state index < -0.39 is 0 Å². The van der Waals surface area contributed by atoms with E-state index in [1.54, 1.807) is 0 Å². The molecule has 4 nitrogen and oxygen atoms in total. The highest BCUT2D eigenvalue weighted by Gasteiger charge is 2.13. The van der Waals surface area contributed by atoms with Gasteiger partial charge in [0.05, 0.1) is 16.7 Å². The molecule has 5 aromatic carbocycles. The zero-order valence-electron chi connectivity index (χ0n) is 18.8. The third-order valence-corrected chi connectivity index (χ3v) is 6.42. The number of nitrogens with one attached hydrogen (secondary N) is 1. The molecule has 35 heavy (non-hydrogen) atoms. The molecule has 0 saturated carbocycles. The maximum absolute atomic E-state index is 6.16. The van der Waals surface area contributed by atoms with Crippen molar-refractivity contribution in [3.63, 3.8) is 0 Å². The number of benzene rings is 5. The van der Waals surface area contributed by atoms with Gasteiger partial charge in [-0.1, -0.05) is 60.7 Å². The van der Waals surface area contributed by atoms with E-state index in [-0.39, 0.29) is 0 Å². The minimum absolute atomic E-state index is 0.622. The minimum atomic E-state index is 0.622. The number of fused-ring (bicyclic) bond motifs is 4. The molecule has 0 fully saturated rings. The number of hydrogen-bond donors (Lipinski definition) is 1. The van der Waals surface area contributed by atoms with Crippen molar-refractivity contribution in [3.8, 4) is 17.1 Å². The van der Waals surface area contributed by atoms with Crippen LogP contribution in [0.3, 0.4) is 0 Å². The predicted molar refractivity (Wildman–Crippen MR) is 144 cm³/mol. The summed E-state index contributed by atoms with van der Waals surface area (Å²) in [5.41, 5.74) is 7.95. The molecule has 1 N–H and O–H groups in total. The van der Waals surface area contributed by atoms with Gasteiger partial charge < -0.3 is 14.3 Å². The molecule has 0 unspecified atom stereocenters. The summed E-state index contributed by atoms with van der Waals surface area (Å²) in [6, 6.07) is 41.6. The van der Waals surface area contributed by atoms with Crippen LogP contribution < -0.4 is 5.32 Å². The first-order chi connectivity index (χ1) is 17.3. The van der Waals surface area contributed by atoms with Gasteiger partial charge in [0.15, 0.2) is 5.58 Å². The molecule has 7 rings (SSSR count). The van der Waals surface area contributed by atoms with Gasteiger partial charge in [-0.2, -0.15) is 0 Å². The number of anilines is 2. The molecule has 0 spiro atoms. The molecule has 0 bridgehead atoms. The van der Waals surface area contributed by atoms with E-state index in [1.807, 2.05) is 48.5 Å². The van der Waals surface area contributed by atoms with Gasteiger partial charge in [-0.05, 0) is 60.7 Å². The lowest BCUT2D eigenvalue weighted by molar-refractivity contribution is 0.621. The number of hydrogen-bond acceptors (Lipinski definition) is 3. The van der Waals surface area contributed by atoms with Crippen LogP contribution in [-0.2, 0) is 0 Å². The molecule has 2 heterocycles. The summed E-state index contributed by atoms with van der Waals surface area (Å²) in [4.78, 5) is 4.68. The standard InChI is InChI=1S/C31H21N3O/c1-2-9-21(10-3-1)31-33-27-14-8-13-26(30(27)35-31)32-22-17-19-23(20-18-22)34-28-15-6-4-11-24(28)25-12-5-7-16-29(25)34/h1-20,32H. The average Bonchev–Trinajstić information content (AvgIpc) is 3.50. The van der Waals surface area contributed by atoms with Gasteiger partial charge in [-0.3, -0.25) is 0 Å². The first-order valence-corrected chi connectivity index (χ1v) is 11.7. The van der Waals surface area contributed by atoms with Crippen molar-refractivity contribution >= 4 is 44.3 Å². The Kier molecular flexibility index (Phi) is 4.42. The summed E-state index contributed by atoms with van der Waals surface area (Å²) in [7, 11) is 0. The van der Waals surface area contributed by atoms with Crippen LogP contribution in [-0.4, -0.2) is 9.55 Å². The summed E-state index contributed by atoms with van der Waals surface area (Å²) >= 11 is 0. The van der Waals surface area contributed by atoms with E-state index in [0.717, 1.165) is 33.7 Å². The molecule has 0 aliphatic carbocycles. The number of para-hydroxylation sites is 3. The van der Waals surface area contributed by atoms with E-state index >= 15 is 0 Å². The lowest BCUT2D eigenvalue weighted by Crippen LogP contribution is -1.95. The zero-order chi connectivity index (χ0) is 23.2. The van der Waals surface area contributed by atoms with Crippen LogP contribution in [0.15, 0.2) is 126 Å². The number of aromatic nitrogens is 2. The molecule has 2 aromatic heterocycles. The lowest BCUT2D eigenvalue weighted by atomic mass is 10.2. The van der Waals surface area contributed by atoms with Crippen LogP contribution in [0.2, 0.25) is 0 Å². The van der Waals surface area contributed by atoms with E-state index in [4.69, 9.17) is 4.42 Å². The smallest absolute Gasteiger partial charge is 0.227 e. The fraction of sp³-hybridized carbons (Fsp3) is 0. The fourth-order valence-corrected chi connectivity index (χ4v) is 4.80. The molecular weight excluding hydrogens is 430 g/mol. The van der Waals surface area contributed by atoms with Gasteiger partial charge in [0.1, 0.15) is 5.52 Å². The van der Waals surface area contributed by atoms with Gasteiger partial charge in [-0.15, -0.1) is 0 Å². The maximum Gasteiger partial charge on any atom is 0.227 e. The van der Waals surface area contributed by atoms with Gasteiger partial charge in [-0.25, -0.2) is 4.98 Å². The van der Waals surface area contributed by atoms with Gasteiger partial charge in [0.25, 0.3) is 0 Å². The minimum Gasteiger partial charge on any atom is -0.434 e. The van der Waals surface area contributed by atoms with Crippen molar-refractivity contribution in [2.75, 3.05) is 5.32 Å². The van der Waals surface area contributed by atoms with Crippen molar-refractivity contribution in [3.05, 3.63) is 121 Å². The van der Waals surface area contributed by atoms with Crippen LogP contribution in [0.25, 0.3) is 50.0 Å². The maximum atomic E-state index is 6.16. The van der Waals surface area contributed by atoms with Crippen molar-refractivity contribution < 1.29 is 4.42 Å². The summed E-state index contributed by atoms with van der Waals surface area (Å²) in [6.45, 7) is 0. The van der Waals surface area contributed by atoms with Crippen molar-refractivity contribution in [1.82, 2.24) is 9.55 Å². The number of oxazole rings is 1. The van der Waals surface area contributed by atoms with Crippen molar-refractivity contribution in [1.29, 1.82) is 0 Å². The average molecular weight is 452 g/mol. The molecule has 7 aromatic rings. The van der Waals surface area contributed by atoms with Gasteiger partial charge in [0.2, 0.25) is 5.89 Å². The molecule has 0 radical (unpaired) electrons. The molecule has 0 aliphatic heterocycles. The highest BCUT2D eigenvalue weighted by Crippen LogP contribution is 2.34. The Morgan fingerprint density at radius 3 is 1.97 bits per heavy atom. The summed E-state index contributed by atoms with van der Waals surface area (Å²) < 4.78 is 8.48. The highest BCUT2D eigenvalue weighted by molar-refractivity contribution is 6.09. The molecule has 4 heteroatoms. The first kappa shape index (κ1) is 19.6. The van der Waals surface area contributed by atoms with Crippen molar-refractivity contribution in [2.45, 2.75) is 0 Å². The van der Waals surface area contributed by atoms with Crippen LogP contribution in [0.5, 0.6) is 0 Å². The molecule has 0 atom stereocenters. The second-order valence-electron chi connectivity index (χ2n) is 8.58. The normalized spacial score (nSPS) is 11.4. The summed E-state index contributed by atoms with van der Waals surface area (Å²) in [5, 5.41) is 6.04. The van der Waals surface area contributed by atoms with Gasteiger partial charge >= 0.3 is 0 Å². The SMILES string of the molecule is c1ccc(-c2nc3cccc(Nc4ccc(-n5c6ccccc6c6ccccc65)cc4)c3o2)cc1. The van der Waals surface area contributed by atoms with Gasteiger partial charge in [0, 0.05) is 27.7 Å². The molecule has 166 valence electrons. The Morgan fingerprint density at radius 1 is 0.600 bits per heavy atom. The Labute approximate surface area is 202 Å². The summed E-state index contributed by atoms with van der Waals surface area (Å²) in [6.07, 6.45) is 0. The zero-order valence-corrected chi connectivity index (χ0v) is 18.8. The first-order valence-electron chi connectivity index (χ1n) is 11.7. The second kappa shape index (κ2) is 7.89. The summed E-state index contributed by atoms with van der Waals surface area (Å²) in [5.74, 6) is 0.622. The predicted octanol–water partition coefficient (Wildman–Crippen LogP) is 8.34.